The lowest BCUT2D eigenvalue weighted by Gasteiger charge is -2.35. The largest absolute Gasteiger partial charge is 0.497 e. The van der Waals surface area contributed by atoms with Crippen molar-refractivity contribution in [1.29, 1.82) is 0 Å². The number of urea groups is 1. The van der Waals surface area contributed by atoms with Gasteiger partial charge in [0.15, 0.2) is 0 Å². The fourth-order valence-corrected chi connectivity index (χ4v) is 6.04. The standard InChI is InChI=1S/C37H44N4O4/c1-24(2)31-12-9-13-32(25(3)4)35(31)38-37(43)40-20-18-39(19-21-40)36(42)33-23-34(27-14-16-29(44-6)17-15-27)41(26(33)5)28-10-8-11-30(22-28)45-7/h8-17,22-25H,18-21H2,1-7H3,(H,38,43). The Bertz CT molecular complexity index is 1640. The third-order valence-electron chi connectivity index (χ3n) is 8.63. The monoisotopic (exact) mass is 608 g/mol. The summed E-state index contributed by atoms with van der Waals surface area (Å²) in [6.45, 7) is 12.4. The number of aromatic nitrogens is 1. The Morgan fingerprint density at radius 1 is 0.733 bits per heavy atom. The highest BCUT2D eigenvalue weighted by Gasteiger charge is 2.29. The van der Waals surface area contributed by atoms with Crippen LogP contribution in [-0.2, 0) is 0 Å². The summed E-state index contributed by atoms with van der Waals surface area (Å²) in [6.07, 6.45) is 0. The van der Waals surface area contributed by atoms with E-state index in [9.17, 15) is 9.59 Å². The highest BCUT2D eigenvalue weighted by Crippen LogP contribution is 2.34. The van der Waals surface area contributed by atoms with Gasteiger partial charge in [-0.15, -0.1) is 0 Å². The number of hydrogen-bond acceptors (Lipinski definition) is 4. The number of anilines is 1. The Labute approximate surface area is 266 Å². The minimum atomic E-state index is -0.126. The van der Waals surface area contributed by atoms with E-state index in [1.54, 1.807) is 14.2 Å². The highest BCUT2D eigenvalue weighted by atomic mass is 16.5. The molecule has 3 aromatic carbocycles. The van der Waals surface area contributed by atoms with Gasteiger partial charge in [0.2, 0.25) is 0 Å². The lowest BCUT2D eigenvalue weighted by Crippen LogP contribution is -2.51. The van der Waals surface area contributed by atoms with Crippen LogP contribution in [0.3, 0.4) is 0 Å². The zero-order valence-corrected chi connectivity index (χ0v) is 27.4. The normalized spacial score (nSPS) is 13.4. The highest BCUT2D eigenvalue weighted by molar-refractivity contribution is 5.98. The molecular weight excluding hydrogens is 564 g/mol. The summed E-state index contributed by atoms with van der Waals surface area (Å²) >= 11 is 0. The second kappa shape index (κ2) is 13.5. The van der Waals surface area contributed by atoms with E-state index in [1.807, 2.05) is 71.3 Å². The van der Waals surface area contributed by atoms with Gasteiger partial charge in [0, 0.05) is 49.3 Å². The van der Waals surface area contributed by atoms with Crippen molar-refractivity contribution in [3.8, 4) is 28.4 Å². The van der Waals surface area contributed by atoms with E-state index in [2.05, 4.69) is 55.8 Å². The molecule has 1 saturated heterocycles. The zero-order chi connectivity index (χ0) is 32.2. The number of methoxy groups -OCH3 is 2. The van der Waals surface area contributed by atoms with Gasteiger partial charge in [-0.2, -0.15) is 0 Å². The van der Waals surface area contributed by atoms with E-state index in [0.29, 0.717) is 31.7 Å². The number of benzene rings is 3. The molecule has 1 aromatic heterocycles. The van der Waals surface area contributed by atoms with E-state index in [1.165, 1.54) is 0 Å². The molecule has 0 radical (unpaired) electrons. The molecule has 0 saturated carbocycles. The average molecular weight is 609 g/mol. The molecule has 4 aromatic rings. The Hall–Kier alpha value is -4.72. The van der Waals surface area contributed by atoms with Gasteiger partial charge in [-0.1, -0.05) is 52.0 Å². The second-order valence-electron chi connectivity index (χ2n) is 12.1. The SMILES string of the molecule is COc1ccc(-c2cc(C(=O)N3CCN(C(=O)Nc4c(C(C)C)cccc4C(C)C)CC3)c(C)n2-c2cccc(OC)c2)cc1. The summed E-state index contributed by atoms with van der Waals surface area (Å²) in [5.74, 6) is 2.02. The van der Waals surface area contributed by atoms with Crippen LogP contribution in [0.15, 0.2) is 72.8 Å². The van der Waals surface area contributed by atoms with Crippen molar-refractivity contribution in [2.45, 2.75) is 46.5 Å². The van der Waals surface area contributed by atoms with Gasteiger partial charge in [0.05, 0.1) is 25.5 Å². The van der Waals surface area contributed by atoms with Crippen molar-refractivity contribution >= 4 is 17.6 Å². The number of para-hydroxylation sites is 1. The number of nitrogens with zero attached hydrogens (tertiary/aromatic N) is 3. The number of rotatable bonds is 8. The first-order valence-corrected chi connectivity index (χ1v) is 15.6. The molecule has 236 valence electrons. The Morgan fingerprint density at radius 3 is 1.89 bits per heavy atom. The van der Waals surface area contributed by atoms with E-state index in [4.69, 9.17) is 9.47 Å². The van der Waals surface area contributed by atoms with Crippen LogP contribution >= 0.6 is 0 Å². The van der Waals surface area contributed by atoms with Crippen LogP contribution in [0.1, 0.15) is 66.7 Å². The summed E-state index contributed by atoms with van der Waals surface area (Å²) in [7, 11) is 3.29. The molecule has 0 atom stereocenters. The maximum Gasteiger partial charge on any atom is 0.321 e. The van der Waals surface area contributed by atoms with Crippen LogP contribution in [0.25, 0.3) is 16.9 Å². The number of nitrogens with one attached hydrogen (secondary N) is 1. The molecule has 2 heterocycles. The van der Waals surface area contributed by atoms with Gasteiger partial charge >= 0.3 is 6.03 Å². The number of carbonyl (C=O) groups is 2. The third-order valence-corrected chi connectivity index (χ3v) is 8.63. The zero-order valence-electron chi connectivity index (χ0n) is 27.4. The minimum absolute atomic E-state index is 0.0452. The van der Waals surface area contributed by atoms with Crippen LogP contribution in [-0.4, -0.2) is 66.7 Å². The fourth-order valence-electron chi connectivity index (χ4n) is 6.04. The molecule has 45 heavy (non-hydrogen) atoms. The first kappa shape index (κ1) is 31.7. The van der Waals surface area contributed by atoms with Crippen molar-refractivity contribution in [1.82, 2.24) is 14.4 Å². The van der Waals surface area contributed by atoms with Crippen LogP contribution in [0.5, 0.6) is 11.5 Å². The summed E-state index contributed by atoms with van der Waals surface area (Å²) in [5.41, 5.74) is 7.41. The maximum absolute atomic E-state index is 14.0. The average Bonchev–Trinajstić information content (AvgIpc) is 3.41. The van der Waals surface area contributed by atoms with Crippen LogP contribution in [0.4, 0.5) is 10.5 Å². The van der Waals surface area contributed by atoms with Crippen LogP contribution < -0.4 is 14.8 Å². The Morgan fingerprint density at radius 2 is 1.31 bits per heavy atom. The van der Waals surface area contributed by atoms with Crippen molar-refractivity contribution in [2.75, 3.05) is 45.7 Å². The number of amides is 3. The molecule has 0 bridgehead atoms. The molecule has 8 heteroatoms. The van der Waals surface area contributed by atoms with E-state index in [-0.39, 0.29) is 23.8 Å². The Balaban J connectivity index is 1.38. The van der Waals surface area contributed by atoms with Crippen molar-refractivity contribution < 1.29 is 19.1 Å². The quantitative estimate of drug-likeness (QED) is 0.222. The van der Waals surface area contributed by atoms with Crippen LogP contribution in [0.2, 0.25) is 0 Å². The molecular formula is C37H44N4O4. The van der Waals surface area contributed by atoms with Gasteiger partial charge in [0.1, 0.15) is 11.5 Å². The van der Waals surface area contributed by atoms with E-state index in [0.717, 1.165) is 51.0 Å². The number of hydrogen-bond donors (Lipinski definition) is 1. The van der Waals surface area contributed by atoms with Gasteiger partial charge in [-0.3, -0.25) is 4.79 Å². The first-order chi connectivity index (χ1) is 21.6. The maximum atomic E-state index is 14.0. The number of carbonyl (C=O) groups excluding carboxylic acids is 2. The molecule has 0 spiro atoms. The van der Waals surface area contributed by atoms with E-state index >= 15 is 0 Å². The first-order valence-electron chi connectivity index (χ1n) is 15.6. The molecule has 0 unspecified atom stereocenters. The Kier molecular flexibility index (Phi) is 9.51. The molecule has 8 nitrogen and oxygen atoms in total. The molecule has 5 rings (SSSR count). The van der Waals surface area contributed by atoms with Gasteiger partial charge < -0.3 is 29.2 Å². The lowest BCUT2D eigenvalue weighted by molar-refractivity contribution is 0.0671. The number of piperazine rings is 1. The molecule has 1 aliphatic rings. The fraction of sp³-hybridized carbons (Fsp3) is 0.351. The smallest absolute Gasteiger partial charge is 0.321 e. The van der Waals surface area contributed by atoms with Crippen molar-refractivity contribution in [3.63, 3.8) is 0 Å². The predicted octanol–water partition coefficient (Wildman–Crippen LogP) is 7.71. The lowest BCUT2D eigenvalue weighted by atomic mass is 9.93. The summed E-state index contributed by atoms with van der Waals surface area (Å²) in [4.78, 5) is 31.2. The van der Waals surface area contributed by atoms with E-state index < -0.39 is 0 Å². The molecule has 0 aliphatic carbocycles. The van der Waals surface area contributed by atoms with Gasteiger partial charge in [-0.25, -0.2) is 4.79 Å². The molecule has 1 N–H and O–H groups in total. The topological polar surface area (TPSA) is 76.0 Å². The van der Waals surface area contributed by atoms with Crippen molar-refractivity contribution in [2.24, 2.45) is 0 Å². The van der Waals surface area contributed by atoms with Gasteiger partial charge in [-0.05, 0) is 77.9 Å². The van der Waals surface area contributed by atoms with Crippen molar-refractivity contribution in [3.05, 3.63) is 95.2 Å². The number of ether oxygens (including phenoxy) is 2. The second-order valence-corrected chi connectivity index (χ2v) is 12.1. The summed E-state index contributed by atoms with van der Waals surface area (Å²) < 4.78 is 13.0. The van der Waals surface area contributed by atoms with Crippen LogP contribution in [0, 0.1) is 6.92 Å². The molecule has 1 aliphatic heterocycles. The summed E-state index contributed by atoms with van der Waals surface area (Å²) in [6, 6.07) is 23.7. The molecule has 3 amide bonds. The minimum Gasteiger partial charge on any atom is -0.497 e. The molecule has 1 fully saturated rings. The third kappa shape index (κ3) is 6.55. The van der Waals surface area contributed by atoms with Gasteiger partial charge in [0.25, 0.3) is 5.91 Å². The predicted molar refractivity (Wildman–Crippen MR) is 180 cm³/mol. The summed E-state index contributed by atoms with van der Waals surface area (Å²) in [5, 5.41) is 3.22.